The fraction of sp³-hybridized carbons (Fsp3) is 0.769. The molecule has 0 spiro atoms. The van der Waals surface area contributed by atoms with E-state index in [1.54, 1.807) is 4.90 Å². The van der Waals surface area contributed by atoms with E-state index in [2.05, 4.69) is 0 Å². The molecule has 0 N–H and O–H groups in total. The van der Waals surface area contributed by atoms with Crippen molar-refractivity contribution in [1.29, 1.82) is 5.26 Å². The highest BCUT2D eigenvalue weighted by molar-refractivity contribution is 5.90. The Hall–Kier alpha value is -1.41. The molecule has 0 bridgehead atoms. The van der Waals surface area contributed by atoms with Crippen molar-refractivity contribution in [3.63, 3.8) is 0 Å². The van der Waals surface area contributed by atoms with Gasteiger partial charge < -0.3 is 9.64 Å². The Morgan fingerprint density at radius 2 is 2.11 bits per heavy atom. The molecule has 0 saturated carbocycles. The average Bonchev–Trinajstić information content (AvgIpc) is 2.27. The molecule has 0 radical (unpaired) electrons. The third-order valence-corrected chi connectivity index (χ3v) is 2.76. The van der Waals surface area contributed by atoms with Gasteiger partial charge in [-0.15, -0.1) is 0 Å². The van der Waals surface area contributed by atoms with E-state index < -0.39 is 6.04 Å². The van der Waals surface area contributed by atoms with Crippen LogP contribution in [0.4, 0.5) is 0 Å². The second-order valence-electron chi connectivity index (χ2n) is 5.72. The van der Waals surface area contributed by atoms with E-state index in [9.17, 15) is 9.59 Å². The number of carbonyl (C=O) groups excluding carboxylic acids is 2. The Morgan fingerprint density at radius 3 is 2.67 bits per heavy atom. The molecule has 1 fully saturated rings. The van der Waals surface area contributed by atoms with Crippen LogP contribution in [0.5, 0.6) is 0 Å². The monoisotopic (exact) mass is 252 g/mol. The summed E-state index contributed by atoms with van der Waals surface area (Å²) in [5.41, 5.74) is -0.113. The number of hydrogen-bond donors (Lipinski definition) is 0. The third-order valence-electron chi connectivity index (χ3n) is 2.76. The molecule has 18 heavy (non-hydrogen) atoms. The van der Waals surface area contributed by atoms with Crippen molar-refractivity contribution in [2.45, 2.75) is 39.7 Å². The average molecular weight is 252 g/mol. The van der Waals surface area contributed by atoms with Gasteiger partial charge in [0, 0.05) is 13.0 Å². The van der Waals surface area contributed by atoms with Gasteiger partial charge in [-0.1, -0.05) is 20.8 Å². The van der Waals surface area contributed by atoms with E-state index in [-0.39, 0.29) is 30.1 Å². The van der Waals surface area contributed by atoms with Crippen LogP contribution in [0.15, 0.2) is 0 Å². The number of Topliss-reactive ketones (excluding diaryl/α,β-unsaturated/α-hetero) is 1. The number of ether oxygens (including phenoxy) is 1. The van der Waals surface area contributed by atoms with Crippen LogP contribution in [-0.2, 0) is 14.3 Å². The number of nitriles is 1. The van der Waals surface area contributed by atoms with E-state index in [4.69, 9.17) is 10.00 Å². The molecule has 5 nitrogen and oxygen atoms in total. The fourth-order valence-electron chi connectivity index (χ4n) is 1.92. The summed E-state index contributed by atoms with van der Waals surface area (Å²) in [6, 6.07) is 1.24. The summed E-state index contributed by atoms with van der Waals surface area (Å²) in [5, 5.41) is 8.56. The summed E-state index contributed by atoms with van der Waals surface area (Å²) in [5.74, 6) is -0.276. The quantitative estimate of drug-likeness (QED) is 0.755. The summed E-state index contributed by atoms with van der Waals surface area (Å²) in [7, 11) is 0. The predicted molar refractivity (Wildman–Crippen MR) is 65.6 cm³/mol. The second kappa shape index (κ2) is 5.96. The predicted octanol–water partition coefficient (Wildman–Crippen LogP) is 1.13. The number of amides is 1. The van der Waals surface area contributed by atoms with E-state index in [0.29, 0.717) is 19.6 Å². The number of nitrogens with zero attached hydrogens (tertiary/aromatic N) is 2. The van der Waals surface area contributed by atoms with Crippen LogP contribution < -0.4 is 0 Å². The van der Waals surface area contributed by atoms with Crippen molar-refractivity contribution in [3.8, 4) is 6.07 Å². The Labute approximate surface area is 108 Å². The van der Waals surface area contributed by atoms with E-state index in [1.807, 2.05) is 26.8 Å². The second-order valence-corrected chi connectivity index (χ2v) is 5.72. The largest absolute Gasteiger partial charge is 0.377 e. The first-order valence-electron chi connectivity index (χ1n) is 6.12. The lowest BCUT2D eigenvalue weighted by molar-refractivity contribution is -0.148. The Balaban J connectivity index is 2.73. The lowest BCUT2D eigenvalue weighted by Crippen LogP contribution is -2.53. The molecule has 1 atom stereocenters. The molecule has 100 valence electrons. The zero-order chi connectivity index (χ0) is 13.8. The Bertz CT molecular complexity index is 365. The number of carbonyl (C=O) groups is 2. The van der Waals surface area contributed by atoms with Crippen molar-refractivity contribution in [3.05, 3.63) is 0 Å². The van der Waals surface area contributed by atoms with Gasteiger partial charge in [-0.2, -0.15) is 5.26 Å². The minimum Gasteiger partial charge on any atom is -0.377 e. The van der Waals surface area contributed by atoms with Crippen molar-refractivity contribution in [2.75, 3.05) is 19.8 Å². The van der Waals surface area contributed by atoms with Crippen LogP contribution in [0.1, 0.15) is 33.6 Å². The number of rotatable bonds is 3. The zero-order valence-corrected chi connectivity index (χ0v) is 11.2. The van der Waals surface area contributed by atoms with E-state index >= 15 is 0 Å². The summed E-state index contributed by atoms with van der Waals surface area (Å²) in [6.45, 7) is 7.03. The Kier molecular flexibility index (Phi) is 4.85. The molecule has 0 aliphatic carbocycles. The van der Waals surface area contributed by atoms with Crippen LogP contribution in [0.25, 0.3) is 0 Å². The SMILES string of the molecule is CC(C)(C)CC(=O)N1CCOC[C@H]1C(=O)CC#N. The highest BCUT2D eigenvalue weighted by Gasteiger charge is 2.33. The number of hydrogen-bond acceptors (Lipinski definition) is 4. The van der Waals surface area contributed by atoms with Crippen molar-refractivity contribution in [1.82, 2.24) is 4.90 Å². The molecule has 1 amide bonds. The molecule has 0 unspecified atom stereocenters. The van der Waals surface area contributed by atoms with E-state index in [1.165, 1.54) is 0 Å². The third kappa shape index (κ3) is 4.11. The van der Waals surface area contributed by atoms with Gasteiger partial charge in [0.15, 0.2) is 5.78 Å². The zero-order valence-electron chi connectivity index (χ0n) is 11.2. The molecular formula is C13H20N2O3. The first-order chi connectivity index (χ1) is 8.35. The lowest BCUT2D eigenvalue weighted by Gasteiger charge is -2.35. The van der Waals surface area contributed by atoms with Gasteiger partial charge in [0.25, 0.3) is 0 Å². The molecule has 1 heterocycles. The molecule has 0 aromatic rings. The number of ketones is 1. The molecule has 1 rings (SSSR count). The molecule has 1 aliphatic heterocycles. The highest BCUT2D eigenvalue weighted by Crippen LogP contribution is 2.22. The lowest BCUT2D eigenvalue weighted by atomic mass is 9.91. The summed E-state index contributed by atoms with van der Waals surface area (Å²) in [4.78, 5) is 25.5. The van der Waals surface area contributed by atoms with Crippen molar-refractivity contribution < 1.29 is 14.3 Å². The molecule has 5 heteroatoms. The highest BCUT2D eigenvalue weighted by atomic mass is 16.5. The molecule has 0 aromatic carbocycles. The van der Waals surface area contributed by atoms with Gasteiger partial charge in [0.2, 0.25) is 5.91 Å². The van der Waals surface area contributed by atoms with Gasteiger partial charge in [0.1, 0.15) is 6.04 Å². The van der Waals surface area contributed by atoms with E-state index in [0.717, 1.165) is 0 Å². The first kappa shape index (κ1) is 14.7. The fourth-order valence-corrected chi connectivity index (χ4v) is 1.92. The van der Waals surface area contributed by atoms with Crippen LogP contribution in [0, 0.1) is 16.7 Å². The molecule has 0 aromatic heterocycles. The normalized spacial score (nSPS) is 20.3. The molecule has 1 saturated heterocycles. The van der Waals surface area contributed by atoms with Crippen LogP contribution in [-0.4, -0.2) is 42.4 Å². The topological polar surface area (TPSA) is 70.4 Å². The number of morpholine rings is 1. The van der Waals surface area contributed by atoms with Crippen LogP contribution in [0.3, 0.4) is 0 Å². The van der Waals surface area contributed by atoms with Crippen LogP contribution in [0.2, 0.25) is 0 Å². The molecular weight excluding hydrogens is 232 g/mol. The standard InChI is InChI=1S/C13H20N2O3/c1-13(2,3)8-12(17)15-6-7-18-9-10(15)11(16)4-5-14/h10H,4,6-9H2,1-3H3/t10-/m0/s1. The maximum atomic E-state index is 12.2. The smallest absolute Gasteiger partial charge is 0.223 e. The van der Waals surface area contributed by atoms with Crippen molar-refractivity contribution >= 4 is 11.7 Å². The van der Waals surface area contributed by atoms with Gasteiger partial charge in [-0.3, -0.25) is 9.59 Å². The van der Waals surface area contributed by atoms with Crippen molar-refractivity contribution in [2.24, 2.45) is 5.41 Å². The minimum absolute atomic E-state index is 0.0397. The minimum atomic E-state index is -0.590. The summed E-state index contributed by atoms with van der Waals surface area (Å²) < 4.78 is 5.24. The summed E-state index contributed by atoms with van der Waals surface area (Å²) in [6.07, 6.45) is 0.219. The summed E-state index contributed by atoms with van der Waals surface area (Å²) >= 11 is 0. The van der Waals surface area contributed by atoms with Crippen LogP contribution >= 0.6 is 0 Å². The maximum absolute atomic E-state index is 12.2. The maximum Gasteiger partial charge on any atom is 0.223 e. The molecule has 1 aliphatic rings. The Morgan fingerprint density at radius 1 is 1.44 bits per heavy atom. The van der Waals surface area contributed by atoms with Gasteiger partial charge in [-0.05, 0) is 5.41 Å². The van der Waals surface area contributed by atoms with Gasteiger partial charge in [0.05, 0.1) is 25.7 Å². The van der Waals surface area contributed by atoms with Gasteiger partial charge >= 0.3 is 0 Å². The first-order valence-corrected chi connectivity index (χ1v) is 6.12. The van der Waals surface area contributed by atoms with Gasteiger partial charge in [-0.25, -0.2) is 0 Å².